The Balaban J connectivity index is 1.53. The maximum Gasteiger partial charge on any atom is 0.271 e. The molecule has 24 heavy (non-hydrogen) atoms. The van der Waals surface area contributed by atoms with E-state index < -0.39 is 0 Å². The third-order valence-corrected chi connectivity index (χ3v) is 5.27. The van der Waals surface area contributed by atoms with Crippen molar-refractivity contribution in [1.82, 2.24) is 5.43 Å². The summed E-state index contributed by atoms with van der Waals surface area (Å²) in [6, 6.07) is 15.4. The molecule has 1 aliphatic rings. The number of hydrazone groups is 1. The van der Waals surface area contributed by atoms with E-state index in [1.165, 1.54) is 23.3 Å². The van der Waals surface area contributed by atoms with Gasteiger partial charge in [-0.3, -0.25) is 4.79 Å². The summed E-state index contributed by atoms with van der Waals surface area (Å²) in [7, 11) is 0. The molecule has 1 N–H and O–H groups in total. The van der Waals surface area contributed by atoms with Gasteiger partial charge in [0.25, 0.3) is 5.91 Å². The van der Waals surface area contributed by atoms with E-state index in [0.29, 0.717) is 11.5 Å². The van der Waals surface area contributed by atoms with Crippen molar-refractivity contribution >= 4 is 35.0 Å². The van der Waals surface area contributed by atoms with Gasteiger partial charge in [-0.25, -0.2) is 5.43 Å². The molecule has 0 unspecified atom stereocenters. The van der Waals surface area contributed by atoms with Gasteiger partial charge in [-0.15, -0.1) is 11.8 Å². The minimum absolute atomic E-state index is 0.160. The zero-order valence-corrected chi connectivity index (χ0v) is 15.0. The van der Waals surface area contributed by atoms with E-state index in [4.69, 9.17) is 11.6 Å². The summed E-state index contributed by atoms with van der Waals surface area (Å²) in [6.07, 6.45) is 2.37. The summed E-state index contributed by atoms with van der Waals surface area (Å²) in [5.74, 6) is 1.26. The Hall–Kier alpha value is -1.78. The molecule has 1 saturated carbocycles. The number of carbonyl (C=O) groups is 1. The van der Waals surface area contributed by atoms with Crippen LogP contribution in [-0.2, 0) is 5.75 Å². The molecule has 2 aromatic carbocycles. The van der Waals surface area contributed by atoms with Gasteiger partial charge < -0.3 is 0 Å². The second-order valence-electron chi connectivity index (χ2n) is 5.91. The molecule has 1 aliphatic carbocycles. The molecule has 1 fully saturated rings. The normalized spacial score (nSPS) is 14.5. The van der Waals surface area contributed by atoms with E-state index in [9.17, 15) is 4.79 Å². The Morgan fingerprint density at radius 1 is 1.17 bits per heavy atom. The summed E-state index contributed by atoms with van der Waals surface area (Å²) in [6.45, 7) is 1.97. The molecule has 0 spiro atoms. The van der Waals surface area contributed by atoms with Crippen LogP contribution in [0.25, 0.3) is 0 Å². The number of benzene rings is 2. The van der Waals surface area contributed by atoms with Crippen molar-refractivity contribution < 1.29 is 4.79 Å². The van der Waals surface area contributed by atoms with E-state index in [-0.39, 0.29) is 5.91 Å². The summed E-state index contributed by atoms with van der Waals surface area (Å²) >= 11 is 7.63. The number of nitrogens with one attached hydrogen (secondary N) is 1. The van der Waals surface area contributed by atoms with Gasteiger partial charge in [-0.05, 0) is 67.6 Å². The first kappa shape index (κ1) is 17.1. The summed E-state index contributed by atoms with van der Waals surface area (Å²) in [4.78, 5) is 13.3. The van der Waals surface area contributed by atoms with Crippen LogP contribution in [0.1, 0.15) is 35.7 Å². The second-order valence-corrected chi connectivity index (χ2v) is 7.39. The molecule has 0 aromatic heterocycles. The van der Waals surface area contributed by atoms with E-state index in [1.807, 2.05) is 55.5 Å². The molecule has 0 heterocycles. The van der Waals surface area contributed by atoms with Gasteiger partial charge in [-0.2, -0.15) is 5.10 Å². The molecule has 0 aliphatic heterocycles. The maximum atomic E-state index is 12.1. The Labute approximate surface area is 151 Å². The second kappa shape index (κ2) is 7.86. The summed E-state index contributed by atoms with van der Waals surface area (Å²) < 4.78 is 0. The molecule has 0 radical (unpaired) electrons. The average Bonchev–Trinajstić information content (AvgIpc) is 3.44. The standard InChI is InChI=1S/C19H19ClN2OS/c1-13(15-6-7-15)21-22-19(23)16-4-2-14(3-5-16)12-24-18-10-8-17(20)9-11-18/h2-5,8-11,15H,6-7,12H2,1H3,(H,22,23)/b21-13+. The van der Waals surface area contributed by atoms with Gasteiger partial charge in [0.05, 0.1) is 0 Å². The minimum atomic E-state index is -0.160. The molecule has 0 bridgehead atoms. The minimum Gasteiger partial charge on any atom is -0.267 e. The summed E-state index contributed by atoms with van der Waals surface area (Å²) in [5.41, 5.74) is 5.45. The van der Waals surface area contributed by atoms with E-state index in [1.54, 1.807) is 11.8 Å². The van der Waals surface area contributed by atoms with Crippen molar-refractivity contribution in [3.05, 3.63) is 64.7 Å². The van der Waals surface area contributed by atoms with E-state index in [2.05, 4.69) is 10.5 Å². The molecular weight excluding hydrogens is 340 g/mol. The zero-order chi connectivity index (χ0) is 16.9. The van der Waals surface area contributed by atoms with E-state index >= 15 is 0 Å². The third-order valence-electron chi connectivity index (χ3n) is 3.94. The molecule has 2 aromatic rings. The Bertz CT molecular complexity index is 737. The van der Waals surface area contributed by atoms with Crippen molar-refractivity contribution in [2.24, 2.45) is 11.0 Å². The number of hydrogen-bond donors (Lipinski definition) is 1. The first-order valence-corrected chi connectivity index (χ1v) is 9.30. The monoisotopic (exact) mass is 358 g/mol. The average molecular weight is 359 g/mol. The fraction of sp³-hybridized carbons (Fsp3) is 0.263. The highest BCUT2D eigenvalue weighted by atomic mass is 35.5. The summed E-state index contributed by atoms with van der Waals surface area (Å²) in [5, 5.41) is 4.91. The lowest BCUT2D eigenvalue weighted by molar-refractivity contribution is 0.0954. The number of hydrogen-bond acceptors (Lipinski definition) is 3. The van der Waals surface area contributed by atoms with Crippen LogP contribution in [0.5, 0.6) is 0 Å². The number of nitrogens with zero attached hydrogens (tertiary/aromatic N) is 1. The Morgan fingerprint density at radius 2 is 1.83 bits per heavy atom. The van der Waals surface area contributed by atoms with Gasteiger partial charge in [0.1, 0.15) is 0 Å². The Morgan fingerprint density at radius 3 is 2.46 bits per heavy atom. The quantitative estimate of drug-likeness (QED) is 0.441. The lowest BCUT2D eigenvalue weighted by Crippen LogP contribution is -2.19. The molecule has 1 amide bonds. The first-order chi connectivity index (χ1) is 11.6. The number of carbonyl (C=O) groups excluding carboxylic acids is 1. The van der Waals surface area contributed by atoms with Crippen LogP contribution in [0.15, 0.2) is 58.5 Å². The molecule has 5 heteroatoms. The van der Waals surface area contributed by atoms with Gasteiger partial charge in [0.2, 0.25) is 0 Å². The Kier molecular flexibility index (Phi) is 5.59. The molecule has 124 valence electrons. The third kappa shape index (κ3) is 4.86. The predicted molar refractivity (Wildman–Crippen MR) is 101 cm³/mol. The molecular formula is C19H19ClN2OS. The number of thioether (sulfide) groups is 1. The van der Waals surface area contributed by atoms with Crippen LogP contribution < -0.4 is 5.43 Å². The van der Waals surface area contributed by atoms with Crippen LogP contribution in [0, 0.1) is 5.92 Å². The lowest BCUT2D eigenvalue weighted by Gasteiger charge is -2.05. The maximum absolute atomic E-state index is 12.1. The zero-order valence-electron chi connectivity index (χ0n) is 13.5. The van der Waals surface area contributed by atoms with E-state index in [0.717, 1.165) is 16.5 Å². The van der Waals surface area contributed by atoms with Crippen LogP contribution in [0.4, 0.5) is 0 Å². The fourth-order valence-electron chi connectivity index (χ4n) is 2.25. The highest BCUT2D eigenvalue weighted by Gasteiger charge is 2.24. The van der Waals surface area contributed by atoms with Crippen LogP contribution >= 0.6 is 23.4 Å². The van der Waals surface area contributed by atoms with Gasteiger partial charge in [-0.1, -0.05) is 23.7 Å². The largest absolute Gasteiger partial charge is 0.271 e. The smallest absolute Gasteiger partial charge is 0.267 e. The number of amides is 1. The van der Waals surface area contributed by atoms with Crippen LogP contribution in [0.3, 0.4) is 0 Å². The van der Waals surface area contributed by atoms with Gasteiger partial charge in [0.15, 0.2) is 0 Å². The van der Waals surface area contributed by atoms with Crippen molar-refractivity contribution in [2.75, 3.05) is 0 Å². The van der Waals surface area contributed by atoms with Crippen molar-refractivity contribution in [2.45, 2.75) is 30.4 Å². The highest BCUT2D eigenvalue weighted by Crippen LogP contribution is 2.30. The predicted octanol–water partition coefficient (Wildman–Crippen LogP) is 5.15. The van der Waals surface area contributed by atoms with Crippen molar-refractivity contribution in [1.29, 1.82) is 0 Å². The fourth-order valence-corrected chi connectivity index (χ4v) is 3.23. The number of rotatable bonds is 6. The molecule has 3 rings (SSSR count). The number of halogens is 1. The molecule has 0 atom stereocenters. The van der Waals surface area contributed by atoms with Crippen molar-refractivity contribution in [3.63, 3.8) is 0 Å². The SMILES string of the molecule is C/C(=N\NC(=O)c1ccc(CSc2ccc(Cl)cc2)cc1)C1CC1. The van der Waals surface area contributed by atoms with Crippen LogP contribution in [-0.4, -0.2) is 11.6 Å². The van der Waals surface area contributed by atoms with Gasteiger partial charge in [0, 0.05) is 26.9 Å². The highest BCUT2D eigenvalue weighted by molar-refractivity contribution is 7.98. The topological polar surface area (TPSA) is 41.5 Å². The van der Waals surface area contributed by atoms with Gasteiger partial charge >= 0.3 is 0 Å². The lowest BCUT2D eigenvalue weighted by atomic mass is 10.1. The van der Waals surface area contributed by atoms with Crippen LogP contribution in [0.2, 0.25) is 5.02 Å². The first-order valence-electron chi connectivity index (χ1n) is 7.93. The van der Waals surface area contributed by atoms with Crippen molar-refractivity contribution in [3.8, 4) is 0 Å². The molecule has 0 saturated heterocycles. The molecule has 3 nitrogen and oxygen atoms in total.